The number of methoxy groups -OCH3 is 1. The number of rotatable bonds is 5. The second-order valence-electron chi connectivity index (χ2n) is 6.97. The predicted octanol–water partition coefficient (Wildman–Crippen LogP) is 3.26. The Kier molecular flexibility index (Phi) is 8.40. The Morgan fingerprint density at radius 1 is 1.43 bits per heavy atom. The number of hydrogen-bond donors (Lipinski definition) is 2. The van der Waals surface area contributed by atoms with Gasteiger partial charge in [0.2, 0.25) is 0 Å². The monoisotopic (exact) mass is 499 g/mol. The molecule has 2 aromatic rings. The van der Waals surface area contributed by atoms with E-state index in [2.05, 4.69) is 33.6 Å². The molecule has 3 rings (SSSR count). The number of aromatic nitrogens is 2. The lowest BCUT2D eigenvalue weighted by Crippen LogP contribution is -2.49. The van der Waals surface area contributed by atoms with Gasteiger partial charge in [0.25, 0.3) is 0 Å². The first-order valence-corrected chi connectivity index (χ1v) is 9.49. The van der Waals surface area contributed by atoms with E-state index >= 15 is 0 Å². The van der Waals surface area contributed by atoms with Crippen LogP contribution in [0.3, 0.4) is 0 Å². The highest BCUT2D eigenvalue weighted by Crippen LogP contribution is 2.28. The molecule has 0 radical (unpaired) electrons. The van der Waals surface area contributed by atoms with Crippen molar-refractivity contribution in [3.63, 3.8) is 0 Å². The van der Waals surface area contributed by atoms with E-state index in [1.807, 2.05) is 24.8 Å². The van der Waals surface area contributed by atoms with Crippen molar-refractivity contribution in [1.29, 1.82) is 0 Å². The van der Waals surface area contributed by atoms with E-state index in [-0.39, 0.29) is 29.7 Å². The van der Waals surface area contributed by atoms with Gasteiger partial charge in [-0.1, -0.05) is 13.0 Å². The molecule has 1 aromatic carbocycles. The molecule has 2 N–H and O–H groups in total. The molecule has 0 saturated carbocycles. The Hall–Kier alpha value is -1.97. The van der Waals surface area contributed by atoms with Gasteiger partial charge in [-0.3, -0.25) is 0 Å². The van der Waals surface area contributed by atoms with Gasteiger partial charge in [0.1, 0.15) is 0 Å². The molecule has 0 spiro atoms. The maximum atomic E-state index is 9.97. The first-order valence-electron chi connectivity index (χ1n) is 9.49. The smallest absolute Gasteiger partial charge is 0.194 e. The number of benzene rings is 1. The van der Waals surface area contributed by atoms with E-state index in [0.29, 0.717) is 24.3 Å². The topological polar surface area (TPSA) is 74.9 Å². The number of nitrogens with zero attached hydrogens (tertiary/aromatic N) is 4. The molecule has 2 unspecified atom stereocenters. The highest BCUT2D eigenvalue weighted by Gasteiger charge is 2.28. The Balaban J connectivity index is 0.00000280. The summed E-state index contributed by atoms with van der Waals surface area (Å²) in [5, 5.41) is 13.4. The van der Waals surface area contributed by atoms with Gasteiger partial charge in [0.15, 0.2) is 17.5 Å². The normalized spacial score (nSPS) is 19.8. The Morgan fingerprint density at radius 3 is 2.89 bits per heavy atom. The van der Waals surface area contributed by atoms with Gasteiger partial charge in [-0.05, 0) is 37.0 Å². The number of halogens is 1. The molecule has 0 amide bonds. The Morgan fingerprint density at radius 2 is 2.25 bits per heavy atom. The second-order valence-corrected chi connectivity index (χ2v) is 6.97. The number of phenols is 1. The van der Waals surface area contributed by atoms with Crippen molar-refractivity contribution < 1.29 is 9.84 Å². The van der Waals surface area contributed by atoms with Gasteiger partial charge in [-0.15, -0.1) is 24.0 Å². The van der Waals surface area contributed by atoms with E-state index in [4.69, 9.17) is 9.73 Å². The fourth-order valence-corrected chi connectivity index (χ4v) is 3.52. The van der Waals surface area contributed by atoms with Crippen molar-refractivity contribution in [2.45, 2.75) is 32.9 Å². The van der Waals surface area contributed by atoms with Crippen LogP contribution in [0.2, 0.25) is 0 Å². The van der Waals surface area contributed by atoms with Crippen molar-refractivity contribution >= 4 is 29.9 Å². The largest absolute Gasteiger partial charge is 0.504 e. The molecular weight excluding hydrogens is 469 g/mol. The number of guanidine groups is 1. The van der Waals surface area contributed by atoms with Crippen molar-refractivity contribution in [3.05, 3.63) is 42.5 Å². The third-order valence-electron chi connectivity index (χ3n) is 5.12. The fraction of sp³-hybridized carbons (Fsp3) is 0.500. The summed E-state index contributed by atoms with van der Waals surface area (Å²) >= 11 is 0. The van der Waals surface area contributed by atoms with Gasteiger partial charge in [0, 0.05) is 32.0 Å². The van der Waals surface area contributed by atoms with Gasteiger partial charge < -0.3 is 24.6 Å². The Bertz CT molecular complexity index is 766. The summed E-state index contributed by atoms with van der Waals surface area (Å²) in [4.78, 5) is 11.3. The molecule has 2 atom stereocenters. The average Bonchev–Trinajstić information content (AvgIpc) is 3.20. The number of aromatic hydroxyl groups is 1. The lowest BCUT2D eigenvalue weighted by atomic mass is 9.93. The number of hydrogen-bond acceptors (Lipinski definition) is 4. The summed E-state index contributed by atoms with van der Waals surface area (Å²) in [6, 6.07) is 5.79. The van der Waals surface area contributed by atoms with Crippen LogP contribution in [0.4, 0.5) is 0 Å². The van der Waals surface area contributed by atoms with Gasteiger partial charge in [-0.2, -0.15) is 0 Å². The number of nitrogens with one attached hydrogen (secondary N) is 1. The van der Waals surface area contributed by atoms with E-state index in [1.165, 1.54) is 0 Å². The molecule has 1 aromatic heterocycles. The molecule has 28 heavy (non-hydrogen) atoms. The van der Waals surface area contributed by atoms with Crippen LogP contribution < -0.4 is 10.1 Å². The zero-order chi connectivity index (χ0) is 19.2. The maximum Gasteiger partial charge on any atom is 0.194 e. The number of piperidine rings is 1. The van der Waals surface area contributed by atoms with E-state index < -0.39 is 0 Å². The zero-order valence-electron chi connectivity index (χ0n) is 16.7. The van der Waals surface area contributed by atoms with Crippen LogP contribution in [-0.2, 0) is 6.54 Å². The lowest BCUT2D eigenvalue weighted by Gasteiger charge is -2.39. The molecular formula is C20H30IN5O2. The third-order valence-corrected chi connectivity index (χ3v) is 5.12. The number of likely N-dealkylation sites (tertiary alicyclic amines) is 1. The number of aliphatic imine (C=N–C) groups is 1. The minimum atomic E-state index is 0. The van der Waals surface area contributed by atoms with Crippen molar-refractivity contribution in [2.24, 2.45) is 10.9 Å². The van der Waals surface area contributed by atoms with Crippen LogP contribution in [-0.4, -0.2) is 52.3 Å². The highest BCUT2D eigenvalue weighted by molar-refractivity contribution is 14.0. The molecule has 1 fully saturated rings. The van der Waals surface area contributed by atoms with Crippen molar-refractivity contribution in [1.82, 2.24) is 19.8 Å². The SMILES string of the molecule is CCNC(=NCc1ccc(OC)c(O)c1)N1CCC(C)C(n2ccnc2)C1.I. The summed E-state index contributed by atoms with van der Waals surface area (Å²) < 4.78 is 7.30. The Labute approximate surface area is 183 Å². The van der Waals surface area contributed by atoms with E-state index in [9.17, 15) is 5.11 Å². The lowest BCUT2D eigenvalue weighted by molar-refractivity contribution is 0.189. The quantitative estimate of drug-likeness (QED) is 0.376. The number of imidazole rings is 1. The van der Waals surface area contributed by atoms with E-state index in [0.717, 1.165) is 37.6 Å². The fourth-order valence-electron chi connectivity index (χ4n) is 3.52. The molecule has 1 saturated heterocycles. The highest BCUT2D eigenvalue weighted by atomic mass is 127. The summed E-state index contributed by atoms with van der Waals surface area (Å²) in [6.45, 7) is 7.57. The average molecular weight is 499 g/mol. The van der Waals surface area contributed by atoms with Crippen LogP contribution in [0, 0.1) is 5.92 Å². The van der Waals surface area contributed by atoms with Crippen LogP contribution in [0.1, 0.15) is 31.9 Å². The zero-order valence-corrected chi connectivity index (χ0v) is 19.0. The number of ether oxygens (including phenoxy) is 1. The van der Waals surface area contributed by atoms with E-state index in [1.54, 1.807) is 19.2 Å². The van der Waals surface area contributed by atoms with Crippen molar-refractivity contribution in [2.75, 3.05) is 26.7 Å². The van der Waals surface area contributed by atoms with Gasteiger partial charge in [-0.25, -0.2) is 9.98 Å². The summed E-state index contributed by atoms with van der Waals surface area (Å²) in [7, 11) is 1.55. The minimum Gasteiger partial charge on any atom is -0.504 e. The van der Waals surface area contributed by atoms with Crippen LogP contribution >= 0.6 is 24.0 Å². The third kappa shape index (κ3) is 5.30. The first-order chi connectivity index (χ1) is 13.1. The molecule has 0 aliphatic carbocycles. The van der Waals surface area contributed by atoms with Crippen LogP contribution in [0.15, 0.2) is 41.9 Å². The molecule has 1 aliphatic rings. The summed E-state index contributed by atoms with van der Waals surface area (Å²) in [5.41, 5.74) is 0.945. The molecule has 0 bridgehead atoms. The minimum absolute atomic E-state index is 0. The summed E-state index contributed by atoms with van der Waals surface area (Å²) in [5.74, 6) is 2.12. The molecule has 2 heterocycles. The van der Waals surface area contributed by atoms with Crippen LogP contribution in [0.25, 0.3) is 0 Å². The van der Waals surface area contributed by atoms with Crippen LogP contribution in [0.5, 0.6) is 11.5 Å². The second kappa shape index (κ2) is 10.5. The number of phenolic OH excluding ortho intramolecular Hbond substituents is 1. The molecule has 1 aliphatic heterocycles. The first kappa shape index (κ1) is 22.3. The van der Waals surface area contributed by atoms with Gasteiger partial charge >= 0.3 is 0 Å². The molecule has 8 heteroatoms. The van der Waals surface area contributed by atoms with Crippen molar-refractivity contribution in [3.8, 4) is 11.5 Å². The maximum absolute atomic E-state index is 9.97. The standard InChI is InChI=1S/C20H29N5O2.HI/c1-4-22-20(23-12-16-5-6-19(27-3)18(26)11-16)24-9-7-15(2)17(13-24)25-10-8-21-14-25;/h5-6,8,10-11,14-15,17,26H,4,7,9,12-13H2,1-3H3,(H,22,23);1H. The molecule has 7 nitrogen and oxygen atoms in total. The van der Waals surface area contributed by atoms with Gasteiger partial charge in [0.05, 0.1) is 26.0 Å². The molecule has 154 valence electrons. The summed E-state index contributed by atoms with van der Waals surface area (Å²) in [6.07, 6.45) is 6.88. The predicted molar refractivity (Wildman–Crippen MR) is 122 cm³/mol.